The second kappa shape index (κ2) is 5.05. The van der Waals surface area contributed by atoms with Crippen molar-refractivity contribution in [1.29, 1.82) is 0 Å². The predicted molar refractivity (Wildman–Crippen MR) is 88.1 cm³/mol. The summed E-state index contributed by atoms with van der Waals surface area (Å²) in [5, 5.41) is 2.91. The Kier molecular flexibility index (Phi) is 3.61. The maximum Gasteiger partial charge on any atom is 0.497 e. The molecule has 0 aromatic heterocycles. The zero-order valence-corrected chi connectivity index (χ0v) is 14.3. The number of amides is 1. The largest absolute Gasteiger partial charge is 0.497 e. The van der Waals surface area contributed by atoms with Gasteiger partial charge in [0.05, 0.1) is 11.2 Å². The highest BCUT2D eigenvalue weighted by Gasteiger charge is 2.52. The third-order valence-corrected chi connectivity index (χ3v) is 5.32. The summed E-state index contributed by atoms with van der Waals surface area (Å²) in [4.78, 5) is 12.3. The molecular weight excluding hydrogens is 296 g/mol. The Morgan fingerprint density at radius 1 is 1.13 bits per heavy atom. The van der Waals surface area contributed by atoms with E-state index in [1.165, 1.54) is 12.1 Å². The van der Waals surface area contributed by atoms with Gasteiger partial charge in [-0.3, -0.25) is 4.79 Å². The number of anilines is 1. The van der Waals surface area contributed by atoms with Gasteiger partial charge >= 0.3 is 7.12 Å². The van der Waals surface area contributed by atoms with Crippen molar-refractivity contribution in [3.8, 4) is 0 Å². The summed E-state index contributed by atoms with van der Waals surface area (Å²) in [6.45, 7) is 9.69. The van der Waals surface area contributed by atoms with Gasteiger partial charge in [-0.2, -0.15) is 0 Å². The van der Waals surface area contributed by atoms with E-state index in [1.54, 1.807) is 6.07 Å². The number of carbonyl (C=O) groups is 1. The fourth-order valence-electron chi connectivity index (χ4n) is 2.50. The van der Waals surface area contributed by atoms with Gasteiger partial charge in [0.25, 0.3) is 0 Å². The molecule has 1 heterocycles. The number of benzene rings is 1. The molecule has 0 unspecified atom stereocenters. The molecule has 2 fully saturated rings. The summed E-state index contributed by atoms with van der Waals surface area (Å²) in [5.74, 6) is -0.424. The van der Waals surface area contributed by atoms with Gasteiger partial charge in [-0.15, -0.1) is 0 Å². The number of nitrogens with one attached hydrogen (secondary N) is 1. The van der Waals surface area contributed by atoms with Crippen molar-refractivity contribution >= 4 is 24.2 Å². The fraction of sp³-hybridized carbons (Fsp3) is 0.588. The van der Waals surface area contributed by atoms with Crippen LogP contribution in [-0.4, -0.2) is 24.2 Å². The van der Waals surface area contributed by atoms with Crippen LogP contribution in [0.15, 0.2) is 18.2 Å². The lowest BCUT2D eigenvalue weighted by molar-refractivity contribution is -0.120. The van der Waals surface area contributed by atoms with Gasteiger partial charge in [0.2, 0.25) is 5.91 Å². The van der Waals surface area contributed by atoms with Crippen LogP contribution >= 0.6 is 0 Å². The molecule has 0 spiro atoms. The summed E-state index contributed by atoms with van der Waals surface area (Å²) in [7, 11) is -0.710. The number of carbonyl (C=O) groups excluding carboxylic acids is 1. The molecule has 1 saturated heterocycles. The van der Waals surface area contributed by atoms with Gasteiger partial charge in [-0.05, 0) is 58.7 Å². The van der Waals surface area contributed by atoms with E-state index in [2.05, 4.69) is 5.32 Å². The normalized spacial score (nSPS) is 23.7. The Morgan fingerprint density at radius 2 is 1.70 bits per heavy atom. The Hall–Kier alpha value is -1.40. The molecule has 0 radical (unpaired) electrons. The maximum absolute atomic E-state index is 13.7. The van der Waals surface area contributed by atoms with Gasteiger partial charge in [-0.25, -0.2) is 4.39 Å². The highest BCUT2D eigenvalue weighted by molar-refractivity contribution is 6.64. The number of rotatable bonds is 3. The third kappa shape index (κ3) is 2.90. The van der Waals surface area contributed by atoms with E-state index in [9.17, 15) is 9.18 Å². The highest BCUT2D eigenvalue weighted by atomic mass is 19.1. The van der Waals surface area contributed by atoms with Crippen LogP contribution in [0.1, 0.15) is 47.5 Å². The lowest BCUT2D eigenvalue weighted by Crippen LogP contribution is -2.41. The molecule has 1 N–H and O–H groups in total. The molecule has 124 valence electrons. The molecule has 3 rings (SSSR count). The van der Waals surface area contributed by atoms with Crippen LogP contribution < -0.4 is 10.8 Å². The van der Waals surface area contributed by atoms with Gasteiger partial charge in [-0.1, -0.05) is 6.92 Å². The molecule has 2 aliphatic rings. The molecule has 6 heteroatoms. The maximum atomic E-state index is 13.7. The zero-order chi connectivity index (χ0) is 17.0. The SMILES string of the molecule is CC1(C(=O)Nc2ccc(F)cc2B2OC(C)(C)C(C)(C)O2)CC1. The number of halogens is 1. The molecule has 0 atom stereocenters. The molecule has 1 aliphatic carbocycles. The van der Waals surface area contributed by atoms with E-state index in [-0.39, 0.29) is 17.1 Å². The van der Waals surface area contributed by atoms with E-state index in [0.717, 1.165) is 12.8 Å². The van der Waals surface area contributed by atoms with E-state index in [0.29, 0.717) is 11.2 Å². The van der Waals surface area contributed by atoms with Crippen LogP contribution in [0.5, 0.6) is 0 Å². The molecule has 0 bridgehead atoms. The van der Waals surface area contributed by atoms with Crippen molar-refractivity contribution in [2.24, 2.45) is 5.41 Å². The summed E-state index contributed by atoms with van der Waals surface area (Å²) in [6, 6.07) is 4.27. The fourth-order valence-corrected chi connectivity index (χ4v) is 2.50. The molecular formula is C17H23BFNO3. The van der Waals surface area contributed by atoms with Crippen molar-refractivity contribution in [2.45, 2.75) is 58.7 Å². The summed E-state index contributed by atoms with van der Waals surface area (Å²) < 4.78 is 25.7. The van der Waals surface area contributed by atoms with Gasteiger partial charge < -0.3 is 14.6 Å². The summed E-state index contributed by atoms with van der Waals surface area (Å²) >= 11 is 0. The molecule has 1 aromatic carbocycles. The molecule has 1 saturated carbocycles. The average molecular weight is 319 g/mol. The van der Waals surface area contributed by atoms with Gasteiger partial charge in [0.1, 0.15) is 5.82 Å². The predicted octanol–water partition coefficient (Wildman–Crippen LogP) is 2.86. The average Bonchev–Trinajstić information content (AvgIpc) is 3.13. The Bertz CT molecular complexity index is 639. The summed E-state index contributed by atoms with van der Waals surface area (Å²) in [5.41, 5.74) is -0.285. The van der Waals surface area contributed by atoms with Crippen LogP contribution in [0.25, 0.3) is 0 Å². The van der Waals surface area contributed by atoms with Crippen molar-refractivity contribution in [3.63, 3.8) is 0 Å². The first-order chi connectivity index (χ1) is 10.5. The lowest BCUT2D eigenvalue weighted by Gasteiger charge is -2.32. The zero-order valence-electron chi connectivity index (χ0n) is 14.3. The lowest BCUT2D eigenvalue weighted by atomic mass is 9.77. The van der Waals surface area contributed by atoms with Crippen LogP contribution in [0.4, 0.5) is 10.1 Å². The minimum atomic E-state index is -0.710. The highest BCUT2D eigenvalue weighted by Crippen LogP contribution is 2.45. The van der Waals surface area contributed by atoms with Crippen LogP contribution in [-0.2, 0) is 14.1 Å². The molecule has 1 aliphatic heterocycles. The minimum absolute atomic E-state index is 0.0399. The van der Waals surface area contributed by atoms with Crippen molar-refractivity contribution in [3.05, 3.63) is 24.0 Å². The van der Waals surface area contributed by atoms with Crippen molar-refractivity contribution in [1.82, 2.24) is 0 Å². The van der Waals surface area contributed by atoms with E-state index in [4.69, 9.17) is 9.31 Å². The Morgan fingerprint density at radius 3 is 2.22 bits per heavy atom. The minimum Gasteiger partial charge on any atom is -0.399 e. The second-order valence-electron chi connectivity index (χ2n) is 7.83. The summed E-state index contributed by atoms with van der Waals surface area (Å²) in [6.07, 6.45) is 1.76. The van der Waals surface area contributed by atoms with Crippen LogP contribution in [0, 0.1) is 11.2 Å². The molecule has 1 aromatic rings. The van der Waals surface area contributed by atoms with Crippen molar-refractivity contribution < 1.29 is 18.5 Å². The molecule has 4 nitrogen and oxygen atoms in total. The van der Waals surface area contributed by atoms with E-state index < -0.39 is 18.3 Å². The monoisotopic (exact) mass is 319 g/mol. The Balaban J connectivity index is 1.90. The smallest absolute Gasteiger partial charge is 0.399 e. The van der Waals surface area contributed by atoms with E-state index in [1.807, 2.05) is 34.6 Å². The molecule has 1 amide bonds. The van der Waals surface area contributed by atoms with Gasteiger partial charge in [0.15, 0.2) is 0 Å². The number of hydrogen-bond acceptors (Lipinski definition) is 3. The quantitative estimate of drug-likeness (QED) is 0.872. The second-order valence-corrected chi connectivity index (χ2v) is 7.83. The third-order valence-electron chi connectivity index (χ3n) is 5.32. The van der Waals surface area contributed by atoms with Crippen molar-refractivity contribution in [2.75, 3.05) is 5.32 Å². The van der Waals surface area contributed by atoms with E-state index >= 15 is 0 Å². The molecule has 23 heavy (non-hydrogen) atoms. The first-order valence-corrected chi connectivity index (χ1v) is 8.01. The van der Waals surface area contributed by atoms with Crippen LogP contribution in [0.2, 0.25) is 0 Å². The Labute approximate surface area is 136 Å². The first kappa shape index (κ1) is 16.5. The number of hydrogen-bond donors (Lipinski definition) is 1. The first-order valence-electron chi connectivity index (χ1n) is 8.01. The van der Waals surface area contributed by atoms with Gasteiger partial charge in [0, 0.05) is 16.6 Å². The topological polar surface area (TPSA) is 47.6 Å². The standard InChI is InChI=1S/C17H23BFNO3/c1-15(2)16(3,4)23-18(22-15)12-10-11(19)6-7-13(12)20-14(21)17(5)8-9-17/h6-7,10H,8-9H2,1-5H3,(H,20,21). The van der Waals surface area contributed by atoms with Crippen LogP contribution in [0.3, 0.4) is 0 Å².